The molecule has 4 rings (SSSR count). The normalized spacial score (nSPS) is 25.0. The number of anilines is 2. The minimum Gasteiger partial charge on any atom is -0.381 e. The first kappa shape index (κ1) is 24.9. The van der Waals surface area contributed by atoms with Crippen LogP contribution in [0.15, 0.2) is 23.1 Å². The van der Waals surface area contributed by atoms with Crippen LogP contribution >= 0.6 is 0 Å². The molecule has 188 valence electrons. The van der Waals surface area contributed by atoms with Gasteiger partial charge >= 0.3 is 0 Å². The number of nitrogens with zero attached hydrogens (tertiary/aromatic N) is 1. The summed E-state index contributed by atoms with van der Waals surface area (Å²) in [6.07, 6.45) is 3.04. The molecule has 3 atom stereocenters. The number of sulfonamides is 1. The minimum absolute atomic E-state index is 0.0159. The molecular formula is C23H34N4O6S. The van der Waals surface area contributed by atoms with Gasteiger partial charge < -0.3 is 25.4 Å². The molecule has 10 nitrogen and oxygen atoms in total. The lowest BCUT2D eigenvalue weighted by atomic mass is 10.2. The molecule has 3 N–H and O–H groups in total. The van der Waals surface area contributed by atoms with Crippen LogP contribution in [-0.4, -0.2) is 76.6 Å². The summed E-state index contributed by atoms with van der Waals surface area (Å²) in [5, 5.41) is 8.91. The van der Waals surface area contributed by atoms with Crippen molar-refractivity contribution >= 4 is 33.2 Å². The third-order valence-electron chi connectivity index (χ3n) is 6.51. The Morgan fingerprint density at radius 1 is 1.15 bits per heavy atom. The van der Waals surface area contributed by atoms with Crippen LogP contribution in [0.4, 0.5) is 11.4 Å². The molecule has 3 aliphatic rings. The maximum absolute atomic E-state index is 13.1. The second kappa shape index (κ2) is 11.0. The van der Waals surface area contributed by atoms with Crippen LogP contribution in [0.25, 0.3) is 0 Å². The van der Waals surface area contributed by atoms with Gasteiger partial charge in [-0.05, 0) is 43.4 Å². The average molecular weight is 495 g/mol. The van der Waals surface area contributed by atoms with E-state index in [-0.39, 0.29) is 41.7 Å². The van der Waals surface area contributed by atoms with E-state index in [4.69, 9.17) is 9.47 Å². The van der Waals surface area contributed by atoms with Gasteiger partial charge in [0, 0.05) is 45.1 Å². The van der Waals surface area contributed by atoms with Crippen LogP contribution in [-0.2, 0) is 29.1 Å². The van der Waals surface area contributed by atoms with Gasteiger partial charge in [-0.2, -0.15) is 4.31 Å². The standard InChI is InChI=1S/C23H34N4O6S/c1-16-13-19(16)23(29)24-7-6-22(28)26-21-14-18(34(30,31)27-8-11-32-12-9-27)4-5-20(21)25-15-17-3-2-10-33-17/h4-5,14,16-17,19,25H,2-3,6-13,15H2,1H3,(H,24,29)(H,26,28). The first-order valence-electron chi connectivity index (χ1n) is 12.0. The molecule has 3 unspecified atom stereocenters. The minimum atomic E-state index is -3.71. The van der Waals surface area contributed by atoms with Crippen molar-refractivity contribution in [2.45, 2.75) is 43.6 Å². The van der Waals surface area contributed by atoms with Crippen molar-refractivity contribution in [3.05, 3.63) is 18.2 Å². The maximum atomic E-state index is 13.1. The molecule has 1 saturated carbocycles. The summed E-state index contributed by atoms with van der Waals surface area (Å²) in [5.74, 6) is 0.143. The zero-order valence-electron chi connectivity index (χ0n) is 19.5. The van der Waals surface area contributed by atoms with E-state index in [2.05, 4.69) is 16.0 Å². The predicted molar refractivity (Wildman–Crippen MR) is 127 cm³/mol. The zero-order valence-corrected chi connectivity index (χ0v) is 20.4. The number of carbonyl (C=O) groups excluding carboxylic acids is 2. The summed E-state index contributed by atoms with van der Waals surface area (Å²) in [7, 11) is -3.71. The number of morpholine rings is 1. The summed E-state index contributed by atoms with van der Waals surface area (Å²) >= 11 is 0. The van der Waals surface area contributed by atoms with Gasteiger partial charge in [0.15, 0.2) is 0 Å². The molecule has 34 heavy (non-hydrogen) atoms. The van der Waals surface area contributed by atoms with Gasteiger partial charge in [0.25, 0.3) is 0 Å². The summed E-state index contributed by atoms with van der Waals surface area (Å²) in [6.45, 7) is 4.86. The monoisotopic (exact) mass is 494 g/mol. The number of hydrogen-bond donors (Lipinski definition) is 3. The largest absolute Gasteiger partial charge is 0.381 e. The molecule has 1 aromatic carbocycles. The van der Waals surface area contributed by atoms with Gasteiger partial charge in [-0.3, -0.25) is 9.59 Å². The second-order valence-electron chi connectivity index (χ2n) is 9.15. The molecule has 0 aromatic heterocycles. The van der Waals surface area contributed by atoms with Gasteiger partial charge in [-0.15, -0.1) is 0 Å². The SMILES string of the molecule is CC1CC1C(=O)NCCC(=O)Nc1cc(S(=O)(=O)N2CCOCC2)ccc1NCC1CCCO1. The van der Waals surface area contributed by atoms with Crippen LogP contribution in [0.1, 0.15) is 32.6 Å². The molecule has 0 bridgehead atoms. The van der Waals surface area contributed by atoms with Crippen molar-refractivity contribution in [1.82, 2.24) is 9.62 Å². The Morgan fingerprint density at radius 2 is 1.91 bits per heavy atom. The van der Waals surface area contributed by atoms with Gasteiger partial charge in [0.2, 0.25) is 21.8 Å². The van der Waals surface area contributed by atoms with Crippen LogP contribution in [0.3, 0.4) is 0 Å². The number of amides is 2. The Labute approximate surface area is 200 Å². The lowest BCUT2D eigenvalue weighted by Crippen LogP contribution is -2.40. The number of ether oxygens (including phenoxy) is 2. The van der Waals surface area contributed by atoms with Crippen LogP contribution < -0.4 is 16.0 Å². The Balaban J connectivity index is 1.43. The van der Waals surface area contributed by atoms with Gasteiger partial charge in [0.1, 0.15) is 0 Å². The summed E-state index contributed by atoms with van der Waals surface area (Å²) in [5.41, 5.74) is 1.01. The van der Waals surface area contributed by atoms with E-state index >= 15 is 0 Å². The number of rotatable bonds is 10. The number of carbonyl (C=O) groups is 2. The molecule has 2 amide bonds. The molecule has 1 aliphatic carbocycles. The first-order valence-corrected chi connectivity index (χ1v) is 13.4. The number of hydrogen-bond acceptors (Lipinski definition) is 7. The molecule has 0 radical (unpaired) electrons. The zero-order chi connectivity index (χ0) is 24.1. The first-order chi connectivity index (χ1) is 16.3. The topological polar surface area (TPSA) is 126 Å². The predicted octanol–water partition coefficient (Wildman–Crippen LogP) is 1.40. The van der Waals surface area contributed by atoms with E-state index in [0.29, 0.717) is 50.1 Å². The lowest BCUT2D eigenvalue weighted by molar-refractivity contribution is -0.122. The Kier molecular flexibility index (Phi) is 8.07. The fraction of sp³-hybridized carbons (Fsp3) is 0.652. The molecule has 2 aliphatic heterocycles. The summed E-state index contributed by atoms with van der Waals surface area (Å²) in [4.78, 5) is 24.7. The molecular weight excluding hydrogens is 460 g/mol. The van der Waals surface area contributed by atoms with Crippen LogP contribution in [0.5, 0.6) is 0 Å². The van der Waals surface area contributed by atoms with Crippen molar-refractivity contribution in [3.8, 4) is 0 Å². The third-order valence-corrected chi connectivity index (χ3v) is 8.41. The molecule has 3 fully saturated rings. The molecule has 0 spiro atoms. The van der Waals surface area contributed by atoms with Crippen molar-refractivity contribution in [2.24, 2.45) is 11.8 Å². The molecule has 11 heteroatoms. The molecule has 2 saturated heterocycles. The van der Waals surface area contributed by atoms with Gasteiger partial charge in [-0.25, -0.2) is 8.42 Å². The third kappa shape index (κ3) is 6.26. The number of benzene rings is 1. The lowest BCUT2D eigenvalue weighted by Gasteiger charge is -2.26. The Bertz CT molecular complexity index is 989. The summed E-state index contributed by atoms with van der Waals surface area (Å²) < 4.78 is 38.6. The Morgan fingerprint density at radius 3 is 2.59 bits per heavy atom. The highest BCUT2D eigenvalue weighted by molar-refractivity contribution is 7.89. The number of nitrogens with one attached hydrogen (secondary N) is 3. The smallest absolute Gasteiger partial charge is 0.243 e. The maximum Gasteiger partial charge on any atom is 0.243 e. The highest BCUT2D eigenvalue weighted by Gasteiger charge is 2.38. The second-order valence-corrected chi connectivity index (χ2v) is 11.1. The van der Waals surface area contributed by atoms with E-state index < -0.39 is 10.0 Å². The van der Waals surface area contributed by atoms with E-state index in [1.54, 1.807) is 12.1 Å². The van der Waals surface area contributed by atoms with Crippen LogP contribution in [0.2, 0.25) is 0 Å². The summed E-state index contributed by atoms with van der Waals surface area (Å²) in [6, 6.07) is 4.72. The van der Waals surface area contributed by atoms with Gasteiger partial charge in [-0.1, -0.05) is 6.92 Å². The van der Waals surface area contributed by atoms with Gasteiger partial charge in [0.05, 0.1) is 35.6 Å². The molecule has 1 aromatic rings. The van der Waals surface area contributed by atoms with Crippen LogP contribution in [0, 0.1) is 11.8 Å². The van der Waals surface area contributed by atoms with Crippen molar-refractivity contribution in [3.63, 3.8) is 0 Å². The molecule has 2 heterocycles. The van der Waals surface area contributed by atoms with E-state index in [1.807, 2.05) is 6.92 Å². The van der Waals surface area contributed by atoms with E-state index in [0.717, 1.165) is 25.9 Å². The fourth-order valence-electron chi connectivity index (χ4n) is 4.24. The van der Waals surface area contributed by atoms with Crippen molar-refractivity contribution < 1.29 is 27.5 Å². The quantitative estimate of drug-likeness (QED) is 0.449. The average Bonchev–Trinajstić information content (AvgIpc) is 3.33. The highest BCUT2D eigenvalue weighted by atomic mass is 32.2. The highest BCUT2D eigenvalue weighted by Crippen LogP contribution is 2.37. The fourth-order valence-corrected chi connectivity index (χ4v) is 5.67. The van der Waals surface area contributed by atoms with Crippen molar-refractivity contribution in [2.75, 3.05) is 56.6 Å². The van der Waals surface area contributed by atoms with E-state index in [1.165, 1.54) is 10.4 Å². The van der Waals surface area contributed by atoms with Crippen molar-refractivity contribution in [1.29, 1.82) is 0 Å². The Hall–Kier alpha value is -2.21. The van der Waals surface area contributed by atoms with E-state index in [9.17, 15) is 18.0 Å².